The summed E-state index contributed by atoms with van der Waals surface area (Å²) in [4.78, 5) is 39.3. The molecule has 6 nitrogen and oxygen atoms in total. The maximum atomic E-state index is 12.8. The van der Waals surface area contributed by atoms with Gasteiger partial charge in [0.15, 0.2) is 0 Å². The molecule has 0 bridgehead atoms. The summed E-state index contributed by atoms with van der Waals surface area (Å²) in [6.07, 6.45) is 5.33. The van der Waals surface area contributed by atoms with E-state index in [4.69, 9.17) is 11.6 Å². The van der Waals surface area contributed by atoms with Gasteiger partial charge in [-0.3, -0.25) is 14.5 Å². The van der Waals surface area contributed by atoms with Crippen LogP contribution in [0.25, 0.3) is 0 Å². The Balaban J connectivity index is 1.45. The molecule has 1 aromatic carbocycles. The number of imide groups is 1. The van der Waals surface area contributed by atoms with E-state index in [0.717, 1.165) is 35.5 Å². The van der Waals surface area contributed by atoms with E-state index in [1.165, 1.54) is 0 Å². The number of hydrogen-bond acceptors (Lipinski definition) is 4. The van der Waals surface area contributed by atoms with Crippen molar-refractivity contribution in [3.63, 3.8) is 0 Å². The van der Waals surface area contributed by atoms with Crippen molar-refractivity contribution in [2.75, 3.05) is 18.8 Å². The summed E-state index contributed by atoms with van der Waals surface area (Å²) in [5.41, 5.74) is -0.793. The average molecular weight is 410 g/mol. The number of benzene rings is 1. The lowest BCUT2D eigenvalue weighted by molar-refractivity contribution is -0.135. The van der Waals surface area contributed by atoms with E-state index in [-0.39, 0.29) is 18.4 Å². The molecule has 0 radical (unpaired) electrons. The maximum absolute atomic E-state index is 12.8. The zero-order chi connectivity index (χ0) is 19.3. The number of nitrogens with one attached hydrogen (secondary N) is 2. The van der Waals surface area contributed by atoms with Crippen LogP contribution in [-0.4, -0.2) is 47.1 Å². The summed E-state index contributed by atoms with van der Waals surface area (Å²) in [6, 6.07) is 7.04. The van der Waals surface area contributed by atoms with Crippen LogP contribution in [0.1, 0.15) is 38.5 Å². The number of carbonyl (C=O) groups excluding carboxylic acids is 3. The maximum Gasteiger partial charge on any atom is 0.325 e. The van der Waals surface area contributed by atoms with Crippen LogP contribution in [0, 0.1) is 0 Å². The number of nitrogens with zero attached hydrogens (tertiary/aromatic N) is 1. The molecule has 146 valence electrons. The SMILES string of the molecule is O=C(CN1C(=O)NC2(CCCCCC2)C1=O)NCCSc1ccc(Cl)cc1. The third-order valence-electron chi connectivity index (χ3n) is 5.01. The number of urea groups is 1. The fourth-order valence-electron chi connectivity index (χ4n) is 3.58. The summed E-state index contributed by atoms with van der Waals surface area (Å²) in [5, 5.41) is 6.31. The van der Waals surface area contributed by atoms with Crippen LogP contribution in [0.5, 0.6) is 0 Å². The molecule has 27 heavy (non-hydrogen) atoms. The largest absolute Gasteiger partial charge is 0.354 e. The zero-order valence-electron chi connectivity index (χ0n) is 15.1. The minimum Gasteiger partial charge on any atom is -0.354 e. The van der Waals surface area contributed by atoms with Crippen LogP contribution in [0.15, 0.2) is 29.2 Å². The standard InChI is InChI=1S/C19H24ClN3O3S/c20-14-5-7-15(8-6-14)27-12-11-21-16(24)13-23-17(25)19(22-18(23)26)9-3-1-2-4-10-19/h5-8H,1-4,9-13H2,(H,21,24)(H,22,26). The van der Waals surface area contributed by atoms with Gasteiger partial charge < -0.3 is 10.6 Å². The molecule has 1 aliphatic heterocycles. The third kappa shape index (κ3) is 4.96. The number of amides is 4. The van der Waals surface area contributed by atoms with E-state index >= 15 is 0 Å². The number of halogens is 1. The van der Waals surface area contributed by atoms with Gasteiger partial charge in [0, 0.05) is 22.2 Å². The molecule has 0 atom stereocenters. The van der Waals surface area contributed by atoms with Crippen molar-refractivity contribution >= 4 is 41.2 Å². The van der Waals surface area contributed by atoms with Gasteiger partial charge in [0.05, 0.1) is 0 Å². The topological polar surface area (TPSA) is 78.5 Å². The predicted molar refractivity (Wildman–Crippen MR) is 106 cm³/mol. The monoisotopic (exact) mass is 409 g/mol. The summed E-state index contributed by atoms with van der Waals surface area (Å²) in [6.45, 7) is 0.235. The summed E-state index contributed by atoms with van der Waals surface area (Å²) in [7, 11) is 0. The molecule has 1 saturated heterocycles. The Labute approximate surface area is 168 Å². The number of rotatable bonds is 6. The van der Waals surface area contributed by atoms with E-state index in [2.05, 4.69) is 10.6 Å². The van der Waals surface area contributed by atoms with Crippen molar-refractivity contribution < 1.29 is 14.4 Å². The molecular formula is C19H24ClN3O3S. The van der Waals surface area contributed by atoms with E-state index in [0.29, 0.717) is 30.2 Å². The molecule has 1 aliphatic carbocycles. The van der Waals surface area contributed by atoms with Crippen molar-refractivity contribution in [3.8, 4) is 0 Å². The Morgan fingerprint density at radius 2 is 1.81 bits per heavy atom. The molecule has 1 aromatic rings. The van der Waals surface area contributed by atoms with Gasteiger partial charge in [-0.05, 0) is 37.1 Å². The quantitative estimate of drug-likeness (QED) is 0.429. The third-order valence-corrected chi connectivity index (χ3v) is 6.28. The molecule has 8 heteroatoms. The van der Waals surface area contributed by atoms with E-state index in [1.54, 1.807) is 11.8 Å². The lowest BCUT2D eigenvalue weighted by Crippen LogP contribution is -2.47. The molecule has 1 heterocycles. The van der Waals surface area contributed by atoms with Crippen LogP contribution in [0.2, 0.25) is 5.02 Å². The molecule has 4 amide bonds. The summed E-state index contributed by atoms with van der Waals surface area (Å²) >= 11 is 7.45. The highest BCUT2D eigenvalue weighted by Gasteiger charge is 2.50. The van der Waals surface area contributed by atoms with Crippen LogP contribution >= 0.6 is 23.4 Å². The lowest BCUT2D eigenvalue weighted by atomic mass is 9.90. The number of thioether (sulfide) groups is 1. The molecule has 0 unspecified atom stereocenters. The lowest BCUT2D eigenvalue weighted by Gasteiger charge is -2.24. The van der Waals surface area contributed by atoms with Crippen molar-refractivity contribution in [3.05, 3.63) is 29.3 Å². The first-order valence-electron chi connectivity index (χ1n) is 9.29. The Kier molecular flexibility index (Phi) is 6.65. The summed E-state index contributed by atoms with van der Waals surface area (Å²) in [5.74, 6) is 0.123. The molecular weight excluding hydrogens is 386 g/mol. The second kappa shape index (κ2) is 8.97. The molecule has 2 N–H and O–H groups in total. The molecule has 2 fully saturated rings. The highest BCUT2D eigenvalue weighted by Crippen LogP contribution is 2.32. The van der Waals surface area contributed by atoms with Gasteiger partial charge in [-0.1, -0.05) is 37.3 Å². The van der Waals surface area contributed by atoms with Gasteiger partial charge in [0.2, 0.25) is 5.91 Å². The minimum absolute atomic E-state index is 0.224. The Bertz CT molecular complexity index is 703. The smallest absolute Gasteiger partial charge is 0.325 e. The van der Waals surface area contributed by atoms with Crippen LogP contribution < -0.4 is 10.6 Å². The molecule has 1 saturated carbocycles. The van der Waals surface area contributed by atoms with E-state index in [9.17, 15) is 14.4 Å². The predicted octanol–water partition coefficient (Wildman–Crippen LogP) is 3.19. The van der Waals surface area contributed by atoms with Crippen molar-refractivity contribution in [2.24, 2.45) is 0 Å². The molecule has 0 aromatic heterocycles. The second-order valence-electron chi connectivity index (χ2n) is 6.97. The van der Waals surface area contributed by atoms with Gasteiger partial charge in [0.1, 0.15) is 12.1 Å². The first-order valence-corrected chi connectivity index (χ1v) is 10.7. The Hall–Kier alpha value is -1.73. The Morgan fingerprint density at radius 3 is 2.48 bits per heavy atom. The van der Waals surface area contributed by atoms with Crippen molar-refractivity contribution in [2.45, 2.75) is 49.0 Å². The first-order chi connectivity index (χ1) is 13.0. The average Bonchev–Trinajstić information content (AvgIpc) is 2.82. The zero-order valence-corrected chi connectivity index (χ0v) is 16.7. The first kappa shape index (κ1) is 20.0. The second-order valence-corrected chi connectivity index (χ2v) is 8.57. The highest BCUT2D eigenvalue weighted by molar-refractivity contribution is 7.99. The fraction of sp³-hybridized carbons (Fsp3) is 0.526. The molecule has 2 aliphatic rings. The number of hydrogen-bond donors (Lipinski definition) is 2. The Morgan fingerprint density at radius 1 is 1.15 bits per heavy atom. The van der Waals surface area contributed by atoms with Crippen LogP contribution in [0.4, 0.5) is 4.79 Å². The summed E-state index contributed by atoms with van der Waals surface area (Å²) < 4.78 is 0. The van der Waals surface area contributed by atoms with Crippen LogP contribution in [0.3, 0.4) is 0 Å². The normalized spacial score (nSPS) is 19.1. The van der Waals surface area contributed by atoms with Gasteiger partial charge in [-0.2, -0.15) is 0 Å². The van der Waals surface area contributed by atoms with E-state index < -0.39 is 11.6 Å². The van der Waals surface area contributed by atoms with E-state index in [1.807, 2.05) is 24.3 Å². The van der Waals surface area contributed by atoms with Gasteiger partial charge in [-0.15, -0.1) is 11.8 Å². The van der Waals surface area contributed by atoms with Crippen molar-refractivity contribution in [1.29, 1.82) is 0 Å². The van der Waals surface area contributed by atoms with Gasteiger partial charge in [-0.25, -0.2) is 4.79 Å². The molecule has 1 spiro atoms. The van der Waals surface area contributed by atoms with Gasteiger partial charge >= 0.3 is 6.03 Å². The highest BCUT2D eigenvalue weighted by atomic mass is 35.5. The molecule has 3 rings (SSSR count). The minimum atomic E-state index is -0.793. The fourth-order valence-corrected chi connectivity index (χ4v) is 4.47. The van der Waals surface area contributed by atoms with Crippen molar-refractivity contribution in [1.82, 2.24) is 15.5 Å². The number of carbonyl (C=O) groups is 3. The van der Waals surface area contributed by atoms with Gasteiger partial charge in [0.25, 0.3) is 5.91 Å². The van der Waals surface area contributed by atoms with Crippen LogP contribution in [-0.2, 0) is 9.59 Å².